The number of thiazole rings is 1. The van der Waals surface area contributed by atoms with E-state index >= 15 is 0 Å². The number of aromatic nitrogens is 1. The predicted molar refractivity (Wildman–Crippen MR) is 84.0 cm³/mol. The van der Waals surface area contributed by atoms with Gasteiger partial charge in [-0.05, 0) is 25.5 Å². The maximum Gasteiger partial charge on any atom is 0.267 e. The fraction of sp³-hybridized carbons (Fsp3) is 0.133. The molecule has 1 aromatic heterocycles. The van der Waals surface area contributed by atoms with Gasteiger partial charge in [0.2, 0.25) is 0 Å². The Morgan fingerprint density at radius 2 is 2.14 bits per heavy atom. The van der Waals surface area contributed by atoms with Gasteiger partial charge in [-0.15, -0.1) is 11.3 Å². The lowest BCUT2D eigenvalue weighted by molar-refractivity contribution is -0.112. The molecule has 0 saturated carbocycles. The van der Waals surface area contributed by atoms with Crippen molar-refractivity contribution in [2.24, 2.45) is 0 Å². The van der Waals surface area contributed by atoms with E-state index in [4.69, 9.17) is 5.26 Å². The lowest BCUT2D eigenvalue weighted by atomic mass is 10.2. The van der Waals surface area contributed by atoms with E-state index in [1.807, 2.05) is 43.5 Å². The van der Waals surface area contributed by atoms with Crippen molar-refractivity contribution in [1.82, 2.24) is 4.98 Å². The number of benzene rings is 1. The normalized spacial score (nSPS) is 10.8. The molecule has 2 N–H and O–H groups in total. The lowest BCUT2D eigenvalue weighted by Crippen LogP contribution is -2.15. The molecule has 0 aliphatic rings. The first kappa shape index (κ1) is 14.8. The van der Waals surface area contributed by atoms with Gasteiger partial charge in [-0.1, -0.05) is 18.2 Å². The Kier molecular flexibility index (Phi) is 4.69. The molecule has 0 atom stereocenters. The van der Waals surface area contributed by atoms with Crippen LogP contribution in [-0.2, 0) is 4.79 Å². The number of hydrogen-bond acceptors (Lipinski definition) is 5. The highest BCUT2D eigenvalue weighted by molar-refractivity contribution is 7.13. The van der Waals surface area contributed by atoms with Gasteiger partial charge in [0, 0.05) is 17.3 Å². The molecule has 106 valence electrons. The average molecular weight is 298 g/mol. The number of nitrogens with zero attached hydrogens (tertiary/aromatic N) is 2. The van der Waals surface area contributed by atoms with E-state index in [2.05, 4.69) is 15.6 Å². The summed E-state index contributed by atoms with van der Waals surface area (Å²) in [5, 5.41) is 17.2. The molecule has 1 amide bonds. The number of anilines is 2. The minimum atomic E-state index is -0.451. The molecule has 1 aromatic carbocycles. The third-order valence-corrected chi connectivity index (χ3v) is 3.61. The molecular formula is C15H14N4OS. The van der Waals surface area contributed by atoms with Crippen LogP contribution in [0.3, 0.4) is 0 Å². The zero-order chi connectivity index (χ0) is 15.2. The fourth-order valence-corrected chi connectivity index (χ4v) is 2.26. The smallest absolute Gasteiger partial charge is 0.267 e. The number of para-hydroxylation sites is 1. The molecule has 2 rings (SSSR count). The third-order valence-electron chi connectivity index (χ3n) is 2.72. The van der Waals surface area contributed by atoms with E-state index in [1.165, 1.54) is 17.5 Å². The molecule has 0 fully saturated rings. The number of nitriles is 1. The summed E-state index contributed by atoms with van der Waals surface area (Å²) in [5.41, 5.74) is 2.50. The van der Waals surface area contributed by atoms with Gasteiger partial charge < -0.3 is 10.6 Å². The van der Waals surface area contributed by atoms with E-state index < -0.39 is 5.91 Å². The second-order valence-corrected chi connectivity index (χ2v) is 5.24. The Bertz CT molecular complexity index is 727. The van der Waals surface area contributed by atoms with E-state index in [-0.39, 0.29) is 5.57 Å². The quantitative estimate of drug-likeness (QED) is 0.671. The SMILES string of the molecule is Cc1csc(N/C=C(/C#N)C(=O)Nc2ccccc2C)n1. The summed E-state index contributed by atoms with van der Waals surface area (Å²) in [6.45, 7) is 3.77. The molecule has 1 heterocycles. The van der Waals surface area contributed by atoms with Crippen molar-refractivity contribution in [3.63, 3.8) is 0 Å². The van der Waals surface area contributed by atoms with Gasteiger partial charge in [-0.25, -0.2) is 4.98 Å². The van der Waals surface area contributed by atoms with Crippen molar-refractivity contribution in [1.29, 1.82) is 5.26 Å². The highest BCUT2D eigenvalue weighted by atomic mass is 32.1. The van der Waals surface area contributed by atoms with Crippen LogP contribution in [0.2, 0.25) is 0 Å². The molecule has 0 bridgehead atoms. The summed E-state index contributed by atoms with van der Waals surface area (Å²) in [5.74, 6) is -0.451. The van der Waals surface area contributed by atoms with Crippen molar-refractivity contribution in [2.45, 2.75) is 13.8 Å². The molecule has 0 aliphatic heterocycles. The highest BCUT2D eigenvalue weighted by Crippen LogP contribution is 2.16. The minimum absolute atomic E-state index is 0.00824. The van der Waals surface area contributed by atoms with E-state index in [1.54, 1.807) is 6.07 Å². The summed E-state index contributed by atoms with van der Waals surface area (Å²) in [6, 6.07) is 9.28. The molecular weight excluding hydrogens is 284 g/mol. The molecule has 2 aromatic rings. The summed E-state index contributed by atoms with van der Waals surface area (Å²) in [6.07, 6.45) is 1.37. The van der Waals surface area contributed by atoms with E-state index in [0.717, 1.165) is 11.3 Å². The first-order chi connectivity index (χ1) is 10.1. The molecule has 5 nitrogen and oxygen atoms in total. The Labute approximate surface area is 127 Å². The number of hydrogen-bond donors (Lipinski definition) is 2. The first-order valence-electron chi connectivity index (χ1n) is 6.26. The van der Waals surface area contributed by atoms with Crippen LogP contribution in [0.4, 0.5) is 10.8 Å². The van der Waals surface area contributed by atoms with Crippen LogP contribution < -0.4 is 10.6 Å². The van der Waals surface area contributed by atoms with Crippen LogP contribution in [0.25, 0.3) is 0 Å². The molecule has 0 aliphatic carbocycles. The van der Waals surface area contributed by atoms with Crippen molar-refractivity contribution in [2.75, 3.05) is 10.6 Å². The predicted octanol–water partition coefficient (Wildman–Crippen LogP) is 3.22. The van der Waals surface area contributed by atoms with Crippen molar-refractivity contribution in [3.05, 3.63) is 52.7 Å². The Hall–Kier alpha value is -2.65. The summed E-state index contributed by atoms with van der Waals surface area (Å²) in [7, 11) is 0. The monoisotopic (exact) mass is 298 g/mol. The number of carbonyl (C=O) groups is 1. The van der Waals surface area contributed by atoms with Crippen molar-refractivity contribution >= 4 is 28.1 Å². The number of aryl methyl sites for hydroxylation is 2. The molecule has 21 heavy (non-hydrogen) atoms. The molecule has 6 heteroatoms. The van der Waals surface area contributed by atoms with Gasteiger partial charge in [-0.3, -0.25) is 4.79 Å². The van der Waals surface area contributed by atoms with E-state index in [9.17, 15) is 4.79 Å². The van der Waals surface area contributed by atoms with E-state index in [0.29, 0.717) is 10.8 Å². The van der Waals surface area contributed by atoms with Gasteiger partial charge in [0.15, 0.2) is 5.13 Å². The van der Waals surface area contributed by atoms with Crippen LogP contribution in [0.1, 0.15) is 11.3 Å². The van der Waals surface area contributed by atoms with Crippen LogP contribution in [0, 0.1) is 25.2 Å². The maximum atomic E-state index is 12.1. The standard InChI is InChI=1S/C15H14N4OS/c1-10-5-3-4-6-13(10)19-14(20)12(7-16)8-17-15-18-11(2)9-21-15/h3-6,8-9H,1-2H3,(H,17,18)(H,19,20)/b12-8-. The van der Waals surface area contributed by atoms with Gasteiger partial charge >= 0.3 is 0 Å². The summed E-state index contributed by atoms with van der Waals surface area (Å²) in [4.78, 5) is 16.3. The van der Waals surface area contributed by atoms with Gasteiger partial charge in [-0.2, -0.15) is 5.26 Å². The van der Waals surface area contributed by atoms with Crippen LogP contribution in [0.15, 0.2) is 41.4 Å². The zero-order valence-electron chi connectivity index (χ0n) is 11.7. The number of amides is 1. The molecule has 0 spiro atoms. The van der Waals surface area contributed by atoms with Gasteiger partial charge in [0.1, 0.15) is 11.6 Å². The van der Waals surface area contributed by atoms with Gasteiger partial charge in [0.25, 0.3) is 5.91 Å². The summed E-state index contributed by atoms with van der Waals surface area (Å²) >= 11 is 1.41. The van der Waals surface area contributed by atoms with Crippen LogP contribution >= 0.6 is 11.3 Å². The van der Waals surface area contributed by atoms with Crippen LogP contribution in [0.5, 0.6) is 0 Å². The fourth-order valence-electron chi connectivity index (χ4n) is 1.61. The largest absolute Gasteiger partial charge is 0.337 e. The molecule has 0 saturated heterocycles. The number of carbonyl (C=O) groups excluding carboxylic acids is 1. The number of nitrogens with one attached hydrogen (secondary N) is 2. The second-order valence-electron chi connectivity index (χ2n) is 4.38. The van der Waals surface area contributed by atoms with Crippen LogP contribution in [-0.4, -0.2) is 10.9 Å². The zero-order valence-corrected chi connectivity index (χ0v) is 12.5. The Morgan fingerprint density at radius 3 is 2.76 bits per heavy atom. The Balaban J connectivity index is 2.08. The minimum Gasteiger partial charge on any atom is -0.337 e. The lowest BCUT2D eigenvalue weighted by Gasteiger charge is -2.07. The highest BCUT2D eigenvalue weighted by Gasteiger charge is 2.10. The average Bonchev–Trinajstić information content (AvgIpc) is 2.88. The van der Waals surface area contributed by atoms with Crippen molar-refractivity contribution in [3.8, 4) is 6.07 Å². The maximum absolute atomic E-state index is 12.1. The first-order valence-corrected chi connectivity index (χ1v) is 7.14. The Morgan fingerprint density at radius 1 is 1.38 bits per heavy atom. The number of rotatable bonds is 4. The van der Waals surface area contributed by atoms with Crippen molar-refractivity contribution < 1.29 is 4.79 Å². The topological polar surface area (TPSA) is 77.8 Å². The summed E-state index contributed by atoms with van der Waals surface area (Å²) < 4.78 is 0. The second kappa shape index (κ2) is 6.68. The van der Waals surface area contributed by atoms with Gasteiger partial charge in [0.05, 0.1) is 5.69 Å². The molecule has 0 radical (unpaired) electrons. The third kappa shape index (κ3) is 3.91. The molecule has 0 unspecified atom stereocenters.